The maximum atomic E-state index is 8.85. The summed E-state index contributed by atoms with van der Waals surface area (Å²) >= 11 is 11.5. The number of aliphatic hydroxyl groups excluding tert-OH is 1. The van der Waals surface area contributed by atoms with E-state index in [1.54, 1.807) is 18.2 Å². The van der Waals surface area contributed by atoms with Gasteiger partial charge in [-0.2, -0.15) is 5.48 Å². The van der Waals surface area contributed by atoms with E-state index in [0.29, 0.717) is 15.6 Å². The fraction of sp³-hybridized carbons (Fsp3) is 0.250. The highest BCUT2D eigenvalue weighted by atomic mass is 35.5. The Hall–Kier alpha value is -0.320. The summed E-state index contributed by atoms with van der Waals surface area (Å²) in [4.78, 5) is 0. The molecule has 5 heteroatoms. The van der Waals surface area contributed by atoms with Crippen molar-refractivity contribution < 1.29 is 10.3 Å². The minimum Gasteiger partial charge on any atom is -0.394 e. The maximum absolute atomic E-state index is 8.85. The standard InChI is InChI=1S/C8H9Cl2NO2/c9-6-1-5(2-7(10)3-6)8(4-12)11-13/h1-3,8,11-13H,4H2. The Morgan fingerprint density at radius 2 is 1.77 bits per heavy atom. The van der Waals surface area contributed by atoms with Crippen LogP contribution in [0.5, 0.6) is 0 Å². The van der Waals surface area contributed by atoms with Gasteiger partial charge < -0.3 is 10.3 Å². The first-order valence-corrected chi connectivity index (χ1v) is 4.39. The van der Waals surface area contributed by atoms with Gasteiger partial charge in [-0.1, -0.05) is 23.2 Å². The van der Waals surface area contributed by atoms with Crippen LogP contribution in [0.2, 0.25) is 10.0 Å². The van der Waals surface area contributed by atoms with Crippen molar-refractivity contribution >= 4 is 23.2 Å². The van der Waals surface area contributed by atoms with Crippen molar-refractivity contribution in [3.8, 4) is 0 Å². The van der Waals surface area contributed by atoms with Gasteiger partial charge in [0.2, 0.25) is 0 Å². The van der Waals surface area contributed by atoms with Crippen molar-refractivity contribution in [3.63, 3.8) is 0 Å². The normalized spacial score (nSPS) is 12.9. The maximum Gasteiger partial charge on any atom is 0.0801 e. The molecule has 3 N–H and O–H groups in total. The Morgan fingerprint density at radius 3 is 2.15 bits per heavy atom. The second-order valence-electron chi connectivity index (χ2n) is 2.57. The molecule has 0 aliphatic heterocycles. The highest BCUT2D eigenvalue weighted by Crippen LogP contribution is 2.22. The lowest BCUT2D eigenvalue weighted by atomic mass is 10.1. The molecule has 3 nitrogen and oxygen atoms in total. The zero-order chi connectivity index (χ0) is 9.84. The van der Waals surface area contributed by atoms with Crippen LogP contribution in [0.4, 0.5) is 0 Å². The van der Waals surface area contributed by atoms with E-state index in [4.69, 9.17) is 33.5 Å². The summed E-state index contributed by atoms with van der Waals surface area (Å²) in [5.74, 6) is 0. The monoisotopic (exact) mass is 221 g/mol. The van der Waals surface area contributed by atoms with Gasteiger partial charge in [-0.15, -0.1) is 0 Å². The van der Waals surface area contributed by atoms with Gasteiger partial charge in [-0.05, 0) is 23.8 Å². The number of halogens is 2. The Balaban J connectivity index is 2.99. The molecule has 1 unspecified atom stereocenters. The quantitative estimate of drug-likeness (QED) is 0.685. The molecule has 1 aromatic carbocycles. The number of aliphatic hydroxyl groups is 1. The van der Waals surface area contributed by atoms with Crippen LogP contribution in [0.1, 0.15) is 11.6 Å². The molecule has 1 rings (SSSR count). The lowest BCUT2D eigenvalue weighted by molar-refractivity contribution is 0.0906. The molecule has 0 radical (unpaired) electrons. The van der Waals surface area contributed by atoms with E-state index in [2.05, 4.69) is 0 Å². The van der Waals surface area contributed by atoms with Crippen LogP contribution in [-0.2, 0) is 0 Å². The van der Waals surface area contributed by atoms with Crippen LogP contribution in [0, 0.1) is 0 Å². The number of rotatable bonds is 3. The smallest absolute Gasteiger partial charge is 0.0801 e. The third kappa shape index (κ3) is 2.83. The van der Waals surface area contributed by atoms with Crippen LogP contribution >= 0.6 is 23.2 Å². The Bertz CT molecular complexity index is 269. The largest absolute Gasteiger partial charge is 0.394 e. The molecule has 0 amide bonds. The van der Waals surface area contributed by atoms with Crippen LogP contribution in [0.15, 0.2) is 18.2 Å². The van der Waals surface area contributed by atoms with E-state index in [9.17, 15) is 0 Å². The first kappa shape index (κ1) is 10.8. The topological polar surface area (TPSA) is 52.5 Å². The van der Waals surface area contributed by atoms with Crippen LogP contribution in [-0.4, -0.2) is 16.9 Å². The molecule has 0 heterocycles. The van der Waals surface area contributed by atoms with Gasteiger partial charge in [0.15, 0.2) is 0 Å². The summed E-state index contributed by atoms with van der Waals surface area (Å²) in [6, 6.07) is 4.27. The van der Waals surface area contributed by atoms with Crippen molar-refractivity contribution in [2.45, 2.75) is 6.04 Å². The van der Waals surface area contributed by atoms with Crippen molar-refractivity contribution in [1.29, 1.82) is 0 Å². The van der Waals surface area contributed by atoms with Gasteiger partial charge in [0.05, 0.1) is 12.6 Å². The van der Waals surface area contributed by atoms with Crippen LogP contribution < -0.4 is 5.48 Å². The van der Waals surface area contributed by atoms with E-state index in [1.807, 2.05) is 5.48 Å². The molecule has 0 aliphatic carbocycles. The molecule has 0 spiro atoms. The predicted molar refractivity (Wildman–Crippen MR) is 51.2 cm³/mol. The average molecular weight is 222 g/mol. The first-order chi connectivity index (χ1) is 6.17. The van der Waals surface area contributed by atoms with Gasteiger partial charge in [-0.3, -0.25) is 0 Å². The number of benzene rings is 1. The molecular formula is C8H9Cl2NO2. The molecule has 0 bridgehead atoms. The summed E-state index contributed by atoms with van der Waals surface area (Å²) in [7, 11) is 0. The zero-order valence-electron chi connectivity index (χ0n) is 6.67. The van der Waals surface area contributed by atoms with Gasteiger partial charge in [0.25, 0.3) is 0 Å². The number of hydrogen-bond acceptors (Lipinski definition) is 3. The van der Waals surface area contributed by atoms with Gasteiger partial charge in [-0.25, -0.2) is 0 Å². The van der Waals surface area contributed by atoms with E-state index in [1.165, 1.54) is 0 Å². The molecule has 0 aliphatic rings. The second kappa shape index (κ2) is 4.79. The Morgan fingerprint density at radius 1 is 1.23 bits per heavy atom. The summed E-state index contributed by atoms with van der Waals surface area (Å²) in [5, 5.41) is 18.5. The van der Waals surface area contributed by atoms with Crippen molar-refractivity contribution in [1.82, 2.24) is 5.48 Å². The molecule has 0 saturated carbocycles. The van der Waals surface area contributed by atoms with E-state index in [-0.39, 0.29) is 6.61 Å². The molecule has 13 heavy (non-hydrogen) atoms. The fourth-order valence-corrected chi connectivity index (χ4v) is 1.54. The number of hydroxylamine groups is 1. The SMILES string of the molecule is OCC(NO)c1cc(Cl)cc(Cl)c1. The van der Waals surface area contributed by atoms with Crippen LogP contribution in [0.25, 0.3) is 0 Å². The van der Waals surface area contributed by atoms with E-state index >= 15 is 0 Å². The highest BCUT2D eigenvalue weighted by Gasteiger charge is 2.09. The number of nitrogens with one attached hydrogen (secondary N) is 1. The summed E-state index contributed by atoms with van der Waals surface area (Å²) in [5.41, 5.74) is 2.60. The second-order valence-corrected chi connectivity index (χ2v) is 3.44. The van der Waals surface area contributed by atoms with Gasteiger partial charge in [0, 0.05) is 10.0 Å². The molecule has 1 atom stereocenters. The minimum absolute atomic E-state index is 0.229. The number of hydrogen-bond donors (Lipinski definition) is 3. The highest BCUT2D eigenvalue weighted by molar-refractivity contribution is 6.34. The Kier molecular flexibility index (Phi) is 3.96. The summed E-state index contributed by atoms with van der Waals surface area (Å²) < 4.78 is 0. The predicted octanol–water partition coefficient (Wildman–Crippen LogP) is 2.01. The summed E-state index contributed by atoms with van der Waals surface area (Å²) in [6.07, 6.45) is 0. The first-order valence-electron chi connectivity index (χ1n) is 3.64. The van der Waals surface area contributed by atoms with E-state index < -0.39 is 6.04 Å². The summed E-state index contributed by atoms with van der Waals surface area (Å²) in [6.45, 7) is -0.229. The third-order valence-corrected chi connectivity index (χ3v) is 2.06. The van der Waals surface area contributed by atoms with E-state index in [0.717, 1.165) is 0 Å². The zero-order valence-corrected chi connectivity index (χ0v) is 8.18. The molecule has 0 saturated heterocycles. The minimum atomic E-state index is -0.559. The Labute approximate surface area is 85.9 Å². The lowest BCUT2D eigenvalue weighted by Gasteiger charge is -2.12. The molecule has 0 aromatic heterocycles. The average Bonchev–Trinajstić information content (AvgIpc) is 2.04. The molecule has 1 aromatic rings. The van der Waals surface area contributed by atoms with Crippen molar-refractivity contribution in [2.24, 2.45) is 0 Å². The third-order valence-electron chi connectivity index (χ3n) is 1.63. The van der Waals surface area contributed by atoms with Gasteiger partial charge in [0.1, 0.15) is 0 Å². The molecule has 0 fully saturated rings. The van der Waals surface area contributed by atoms with Crippen molar-refractivity contribution in [3.05, 3.63) is 33.8 Å². The van der Waals surface area contributed by atoms with Crippen molar-refractivity contribution in [2.75, 3.05) is 6.61 Å². The fourth-order valence-electron chi connectivity index (χ4n) is 0.997. The molecule has 72 valence electrons. The molecular weight excluding hydrogens is 213 g/mol. The van der Waals surface area contributed by atoms with Crippen LogP contribution in [0.3, 0.4) is 0 Å². The lowest BCUT2D eigenvalue weighted by Crippen LogP contribution is -2.20. The van der Waals surface area contributed by atoms with Gasteiger partial charge >= 0.3 is 0 Å².